The van der Waals surface area contributed by atoms with Gasteiger partial charge in [-0.15, -0.1) is 0 Å². The smallest absolute Gasteiger partial charge is 0.354 e. The van der Waals surface area contributed by atoms with E-state index in [1.54, 1.807) is 26.0 Å². The molecule has 0 bridgehead atoms. The Hall–Kier alpha value is -2.70. The average molecular weight is 275 g/mol. The van der Waals surface area contributed by atoms with Crippen LogP contribution < -0.4 is 11.1 Å². The molecular weight excluding hydrogens is 262 g/mol. The van der Waals surface area contributed by atoms with Gasteiger partial charge in [0.05, 0.1) is 6.54 Å². The Balaban J connectivity index is 2.55. The third kappa shape index (κ3) is 2.37. The molecule has 0 saturated heterocycles. The van der Waals surface area contributed by atoms with Crippen LogP contribution in [0.3, 0.4) is 0 Å². The van der Waals surface area contributed by atoms with Crippen molar-refractivity contribution in [3.63, 3.8) is 0 Å². The first-order valence-corrected chi connectivity index (χ1v) is 5.89. The summed E-state index contributed by atoms with van der Waals surface area (Å²) in [7, 11) is 0. The maximum atomic E-state index is 12.1. The minimum absolute atomic E-state index is 0.0509. The minimum Gasteiger partial charge on any atom is -0.477 e. The summed E-state index contributed by atoms with van der Waals surface area (Å²) in [5.41, 5.74) is 0.176. The zero-order chi connectivity index (χ0) is 14.9. The van der Waals surface area contributed by atoms with Crippen LogP contribution in [0.25, 0.3) is 0 Å². The lowest BCUT2D eigenvalue weighted by molar-refractivity contribution is 0.0689. The van der Waals surface area contributed by atoms with Crippen molar-refractivity contribution in [1.29, 1.82) is 0 Å². The molecule has 2 rings (SSSR count). The summed E-state index contributed by atoms with van der Waals surface area (Å²) in [5, 5.41) is 11.5. The van der Waals surface area contributed by atoms with E-state index < -0.39 is 5.97 Å². The molecule has 0 aromatic carbocycles. The number of rotatable bonds is 3. The highest BCUT2D eigenvalue weighted by molar-refractivity contribution is 5.86. The summed E-state index contributed by atoms with van der Waals surface area (Å²) in [6.07, 6.45) is 1.36. The number of nitrogens with zero attached hydrogens (tertiary/aromatic N) is 2. The van der Waals surface area contributed by atoms with E-state index in [2.05, 4.69) is 10.1 Å². The van der Waals surface area contributed by atoms with E-state index >= 15 is 0 Å². The van der Waals surface area contributed by atoms with Crippen LogP contribution in [0, 0.1) is 13.8 Å². The van der Waals surface area contributed by atoms with Crippen molar-refractivity contribution >= 4 is 5.97 Å². The van der Waals surface area contributed by atoms with Gasteiger partial charge in [0.25, 0.3) is 11.1 Å². The Labute approximate surface area is 113 Å². The third-order valence-electron chi connectivity index (χ3n) is 3.13. The number of carbonyl (C=O) groups is 1. The van der Waals surface area contributed by atoms with Crippen molar-refractivity contribution in [3.8, 4) is 0 Å². The van der Waals surface area contributed by atoms with Crippen molar-refractivity contribution in [3.05, 3.63) is 61.4 Å². The van der Waals surface area contributed by atoms with Gasteiger partial charge in [0.2, 0.25) is 0 Å². The highest BCUT2D eigenvalue weighted by Crippen LogP contribution is 2.06. The van der Waals surface area contributed by atoms with E-state index in [4.69, 9.17) is 5.11 Å². The van der Waals surface area contributed by atoms with Gasteiger partial charge in [-0.05, 0) is 19.9 Å². The monoisotopic (exact) mass is 275 g/mol. The first-order valence-electron chi connectivity index (χ1n) is 5.89. The molecule has 7 heteroatoms. The lowest BCUT2D eigenvalue weighted by Gasteiger charge is -2.09. The molecule has 0 fully saturated rings. The fraction of sp³-hybridized carbons (Fsp3) is 0.231. The van der Waals surface area contributed by atoms with Crippen molar-refractivity contribution in [2.75, 3.05) is 0 Å². The zero-order valence-electron chi connectivity index (χ0n) is 11.0. The summed E-state index contributed by atoms with van der Waals surface area (Å²) in [4.78, 5) is 38.5. The van der Waals surface area contributed by atoms with Crippen LogP contribution in [0.5, 0.6) is 0 Å². The number of aromatic amines is 1. The first kappa shape index (κ1) is 13.7. The summed E-state index contributed by atoms with van der Waals surface area (Å²) < 4.78 is 1.09. The van der Waals surface area contributed by atoms with Crippen molar-refractivity contribution in [2.24, 2.45) is 0 Å². The van der Waals surface area contributed by atoms with Crippen LogP contribution in [0.15, 0.2) is 27.9 Å². The Kier molecular flexibility index (Phi) is 3.51. The van der Waals surface area contributed by atoms with Gasteiger partial charge < -0.3 is 5.11 Å². The molecule has 0 atom stereocenters. The van der Waals surface area contributed by atoms with Gasteiger partial charge in [0.1, 0.15) is 0 Å². The molecule has 0 aliphatic heterocycles. The van der Waals surface area contributed by atoms with Gasteiger partial charge in [-0.1, -0.05) is 6.07 Å². The number of aromatic nitrogens is 3. The molecule has 2 aromatic heterocycles. The second kappa shape index (κ2) is 5.12. The van der Waals surface area contributed by atoms with Gasteiger partial charge in [-0.2, -0.15) is 0 Å². The molecule has 2 heterocycles. The van der Waals surface area contributed by atoms with Gasteiger partial charge in [-0.3, -0.25) is 14.7 Å². The van der Waals surface area contributed by atoms with E-state index in [9.17, 15) is 14.4 Å². The Morgan fingerprint density at radius 3 is 2.70 bits per heavy atom. The first-order chi connectivity index (χ1) is 9.41. The number of nitrogens with one attached hydrogen (secondary N) is 1. The molecule has 7 nitrogen and oxygen atoms in total. The zero-order valence-corrected chi connectivity index (χ0v) is 11.0. The third-order valence-corrected chi connectivity index (χ3v) is 3.13. The van der Waals surface area contributed by atoms with Crippen LogP contribution in [-0.2, 0) is 6.54 Å². The Morgan fingerprint density at radius 2 is 2.05 bits per heavy atom. The minimum atomic E-state index is -1.18. The van der Waals surface area contributed by atoms with E-state index in [1.807, 2.05) is 0 Å². The molecule has 0 unspecified atom stereocenters. The van der Waals surface area contributed by atoms with Crippen molar-refractivity contribution < 1.29 is 9.90 Å². The standard InChI is InChI=1S/C13H13N3O4/c1-7-8(2)12(18)16(15-11(7)17)6-9-4-3-5-14-10(9)13(19)20/h3-5H,6H2,1-2H3,(H,15,17)(H,19,20). The number of H-pyrrole nitrogens is 1. The summed E-state index contributed by atoms with van der Waals surface area (Å²) in [5.74, 6) is -1.18. The van der Waals surface area contributed by atoms with Gasteiger partial charge in [0.15, 0.2) is 5.69 Å². The molecule has 0 saturated carbocycles. The molecule has 2 aromatic rings. The van der Waals surface area contributed by atoms with E-state index in [-0.39, 0.29) is 23.4 Å². The van der Waals surface area contributed by atoms with Crippen molar-refractivity contribution in [2.45, 2.75) is 20.4 Å². The molecule has 20 heavy (non-hydrogen) atoms. The maximum Gasteiger partial charge on any atom is 0.354 e. The summed E-state index contributed by atoms with van der Waals surface area (Å²) >= 11 is 0. The van der Waals surface area contributed by atoms with Gasteiger partial charge in [-0.25, -0.2) is 14.5 Å². The fourth-order valence-electron chi connectivity index (χ4n) is 1.83. The highest BCUT2D eigenvalue weighted by Gasteiger charge is 2.13. The van der Waals surface area contributed by atoms with Crippen LogP contribution in [0.2, 0.25) is 0 Å². The van der Waals surface area contributed by atoms with E-state index in [0.717, 1.165) is 4.68 Å². The largest absolute Gasteiger partial charge is 0.477 e. The number of hydrogen-bond donors (Lipinski definition) is 2. The maximum absolute atomic E-state index is 12.1. The lowest BCUT2D eigenvalue weighted by atomic mass is 10.2. The molecule has 104 valence electrons. The van der Waals surface area contributed by atoms with Gasteiger partial charge >= 0.3 is 5.97 Å². The average Bonchev–Trinajstić information content (AvgIpc) is 2.43. The number of pyridine rings is 1. The number of hydrogen-bond acceptors (Lipinski definition) is 4. The van der Waals surface area contributed by atoms with Gasteiger partial charge in [0, 0.05) is 22.9 Å². The second-order valence-corrected chi connectivity index (χ2v) is 4.40. The second-order valence-electron chi connectivity index (χ2n) is 4.40. The Morgan fingerprint density at radius 1 is 1.35 bits per heavy atom. The Bertz CT molecular complexity index is 789. The topological polar surface area (TPSA) is 105 Å². The number of carboxylic acid groups (broad SMARTS) is 1. The number of aromatic carboxylic acids is 1. The van der Waals surface area contributed by atoms with Crippen LogP contribution in [0.1, 0.15) is 27.2 Å². The SMILES string of the molecule is Cc1c(C)c(=O)n(Cc2cccnc2C(=O)O)[nH]c1=O. The highest BCUT2D eigenvalue weighted by atomic mass is 16.4. The molecule has 2 N–H and O–H groups in total. The lowest BCUT2D eigenvalue weighted by Crippen LogP contribution is -2.33. The summed E-state index contributed by atoms with van der Waals surface area (Å²) in [6, 6.07) is 3.13. The summed E-state index contributed by atoms with van der Waals surface area (Å²) in [6.45, 7) is 3.07. The molecule has 0 amide bonds. The predicted octanol–water partition coefficient (Wildman–Crippen LogP) is 0.295. The normalized spacial score (nSPS) is 10.5. The molecule has 0 spiro atoms. The van der Waals surface area contributed by atoms with Crippen LogP contribution in [0.4, 0.5) is 0 Å². The fourth-order valence-corrected chi connectivity index (χ4v) is 1.83. The molecular formula is C13H13N3O4. The molecule has 0 radical (unpaired) electrons. The van der Waals surface area contributed by atoms with Crippen molar-refractivity contribution in [1.82, 2.24) is 14.8 Å². The van der Waals surface area contributed by atoms with Crippen LogP contribution in [-0.4, -0.2) is 25.8 Å². The quantitative estimate of drug-likeness (QED) is 0.837. The van der Waals surface area contributed by atoms with E-state index in [0.29, 0.717) is 16.7 Å². The van der Waals surface area contributed by atoms with Crippen LogP contribution >= 0.6 is 0 Å². The number of carboxylic acids is 1. The van der Waals surface area contributed by atoms with E-state index in [1.165, 1.54) is 6.20 Å². The molecule has 0 aliphatic rings. The predicted molar refractivity (Wildman–Crippen MR) is 71.1 cm³/mol. The molecule has 0 aliphatic carbocycles.